The van der Waals surface area contributed by atoms with Gasteiger partial charge < -0.3 is 13.9 Å². The van der Waals surface area contributed by atoms with E-state index in [2.05, 4.69) is 0 Å². The second kappa shape index (κ2) is 8.12. The summed E-state index contributed by atoms with van der Waals surface area (Å²) in [5, 5.41) is 0. The Bertz CT molecular complexity index is 960. The highest BCUT2D eigenvalue weighted by Crippen LogP contribution is 2.21. The van der Waals surface area contributed by atoms with Gasteiger partial charge in [0.2, 0.25) is 0 Å². The molecule has 3 heterocycles. The predicted octanol–water partition coefficient (Wildman–Crippen LogP) is 1.92. The first kappa shape index (κ1) is 19.4. The average molecular weight is 392 g/mol. The van der Waals surface area contributed by atoms with E-state index in [1.165, 1.54) is 10.6 Å². The van der Waals surface area contributed by atoms with Gasteiger partial charge in [-0.2, -0.15) is 0 Å². The first-order valence-electron chi connectivity index (χ1n) is 9.15. The van der Waals surface area contributed by atoms with Gasteiger partial charge in [-0.15, -0.1) is 0 Å². The summed E-state index contributed by atoms with van der Waals surface area (Å²) in [6.07, 6.45) is 3.83. The van der Waals surface area contributed by atoms with E-state index in [4.69, 9.17) is 4.42 Å². The maximum Gasteiger partial charge on any atom is 0.289 e. The lowest BCUT2D eigenvalue weighted by atomic mass is 10.2. The van der Waals surface area contributed by atoms with Gasteiger partial charge in [0, 0.05) is 24.8 Å². The van der Waals surface area contributed by atoms with E-state index in [0.29, 0.717) is 18.7 Å². The second-order valence-corrected chi connectivity index (χ2v) is 9.07. The molecular weight excluding hydrogens is 368 g/mol. The molecule has 146 valence electrons. The molecule has 0 bridgehead atoms. The number of sulfone groups is 1. The summed E-state index contributed by atoms with van der Waals surface area (Å²) >= 11 is 0. The van der Waals surface area contributed by atoms with Crippen LogP contribution in [0.3, 0.4) is 0 Å². The molecule has 0 aromatic carbocycles. The lowest BCUT2D eigenvalue weighted by molar-refractivity contribution is 0.0659. The highest BCUT2D eigenvalue weighted by Gasteiger charge is 2.35. The van der Waals surface area contributed by atoms with E-state index in [9.17, 15) is 18.0 Å². The number of carbonyl (C=O) groups excluding carboxylic acids is 1. The third-order valence-electron chi connectivity index (χ3n) is 4.76. The first-order valence-corrected chi connectivity index (χ1v) is 11.0. The summed E-state index contributed by atoms with van der Waals surface area (Å²) in [7, 11) is -3.08. The lowest BCUT2D eigenvalue weighted by Crippen LogP contribution is -2.41. The molecule has 1 atom stereocenters. The molecule has 1 amide bonds. The molecule has 8 heteroatoms. The molecule has 1 aliphatic heterocycles. The Morgan fingerprint density at radius 3 is 2.78 bits per heavy atom. The summed E-state index contributed by atoms with van der Waals surface area (Å²) in [5.74, 6) is 0.510. The van der Waals surface area contributed by atoms with E-state index in [1.54, 1.807) is 35.4 Å². The van der Waals surface area contributed by atoms with E-state index in [0.717, 1.165) is 12.8 Å². The number of aromatic nitrogens is 1. The minimum Gasteiger partial charge on any atom is -0.454 e. The van der Waals surface area contributed by atoms with E-state index < -0.39 is 9.84 Å². The molecule has 3 rings (SSSR count). The van der Waals surface area contributed by atoms with E-state index >= 15 is 0 Å². The third kappa shape index (κ3) is 4.68. The number of nitrogens with zero attached hydrogens (tertiary/aromatic N) is 2. The molecule has 0 N–H and O–H groups in total. The van der Waals surface area contributed by atoms with Crippen LogP contribution in [0.4, 0.5) is 0 Å². The monoisotopic (exact) mass is 392 g/mol. The van der Waals surface area contributed by atoms with Crippen molar-refractivity contribution >= 4 is 15.7 Å². The molecule has 27 heavy (non-hydrogen) atoms. The molecule has 2 aromatic rings. The van der Waals surface area contributed by atoms with Crippen molar-refractivity contribution in [2.24, 2.45) is 0 Å². The third-order valence-corrected chi connectivity index (χ3v) is 6.51. The lowest BCUT2D eigenvalue weighted by Gasteiger charge is -2.27. The average Bonchev–Trinajstić information content (AvgIpc) is 3.23. The number of unbranched alkanes of at least 4 members (excludes halogenated alkanes) is 1. The van der Waals surface area contributed by atoms with Crippen LogP contribution in [-0.4, -0.2) is 47.9 Å². The number of hydrogen-bond acceptors (Lipinski definition) is 5. The molecule has 1 saturated heterocycles. The fourth-order valence-corrected chi connectivity index (χ4v) is 5.01. The quantitative estimate of drug-likeness (QED) is 0.718. The number of pyridine rings is 1. The topological polar surface area (TPSA) is 89.6 Å². The van der Waals surface area contributed by atoms with Crippen LogP contribution >= 0.6 is 0 Å². The SMILES string of the molecule is CCCCN(C(=O)c1ccc(Cn2ccccc2=O)o1)C1CCS(=O)(=O)C1. The number of hydrogen-bond donors (Lipinski definition) is 0. The summed E-state index contributed by atoms with van der Waals surface area (Å²) < 4.78 is 30.8. The van der Waals surface area contributed by atoms with Crippen LogP contribution in [0.1, 0.15) is 42.5 Å². The Labute approximate surface area is 158 Å². The van der Waals surface area contributed by atoms with Crippen LogP contribution in [0.5, 0.6) is 0 Å². The Morgan fingerprint density at radius 1 is 1.30 bits per heavy atom. The van der Waals surface area contributed by atoms with Crippen molar-refractivity contribution in [1.29, 1.82) is 0 Å². The molecule has 0 radical (unpaired) electrons. The van der Waals surface area contributed by atoms with Gasteiger partial charge in [-0.25, -0.2) is 8.42 Å². The number of furan rings is 1. The smallest absolute Gasteiger partial charge is 0.289 e. The van der Waals surface area contributed by atoms with Crippen LogP contribution in [0, 0.1) is 0 Å². The predicted molar refractivity (Wildman–Crippen MR) is 102 cm³/mol. The number of rotatable bonds is 7. The summed E-state index contributed by atoms with van der Waals surface area (Å²) in [5.41, 5.74) is -0.150. The zero-order chi connectivity index (χ0) is 19.4. The molecular formula is C19H24N2O5S. The number of carbonyl (C=O) groups is 1. The number of amides is 1. The zero-order valence-corrected chi connectivity index (χ0v) is 16.2. The Hall–Kier alpha value is -2.35. The Kier molecular flexibility index (Phi) is 5.84. The zero-order valence-electron chi connectivity index (χ0n) is 15.3. The minimum atomic E-state index is -3.08. The molecule has 7 nitrogen and oxygen atoms in total. The molecule has 1 unspecified atom stereocenters. The van der Waals surface area contributed by atoms with Crippen LogP contribution in [0.25, 0.3) is 0 Å². The summed E-state index contributed by atoms with van der Waals surface area (Å²) in [4.78, 5) is 26.4. The van der Waals surface area contributed by atoms with Gasteiger partial charge in [0.1, 0.15) is 5.76 Å². The normalized spacial score (nSPS) is 18.5. The largest absolute Gasteiger partial charge is 0.454 e. The Balaban J connectivity index is 1.77. The van der Waals surface area contributed by atoms with Gasteiger partial charge in [-0.05, 0) is 31.0 Å². The van der Waals surface area contributed by atoms with Gasteiger partial charge in [0.05, 0.1) is 18.1 Å². The molecule has 1 aliphatic rings. The highest BCUT2D eigenvalue weighted by atomic mass is 32.2. The maximum absolute atomic E-state index is 13.0. The van der Waals surface area contributed by atoms with Crippen LogP contribution in [0.15, 0.2) is 45.7 Å². The fraction of sp³-hybridized carbons (Fsp3) is 0.474. The Morgan fingerprint density at radius 2 is 2.11 bits per heavy atom. The van der Waals surface area contributed by atoms with Crippen molar-refractivity contribution in [2.45, 2.75) is 38.8 Å². The van der Waals surface area contributed by atoms with Crippen molar-refractivity contribution < 1.29 is 17.6 Å². The van der Waals surface area contributed by atoms with Crippen molar-refractivity contribution in [3.63, 3.8) is 0 Å². The summed E-state index contributed by atoms with van der Waals surface area (Å²) in [6.45, 7) is 2.76. The molecule has 0 saturated carbocycles. The fourth-order valence-electron chi connectivity index (χ4n) is 3.28. The molecule has 0 spiro atoms. The van der Waals surface area contributed by atoms with Crippen LogP contribution in [-0.2, 0) is 16.4 Å². The van der Waals surface area contributed by atoms with Gasteiger partial charge >= 0.3 is 0 Å². The van der Waals surface area contributed by atoms with Crippen molar-refractivity contribution in [1.82, 2.24) is 9.47 Å². The van der Waals surface area contributed by atoms with Gasteiger partial charge in [0.25, 0.3) is 11.5 Å². The van der Waals surface area contributed by atoms with Crippen LogP contribution in [0.2, 0.25) is 0 Å². The first-order chi connectivity index (χ1) is 12.9. The van der Waals surface area contributed by atoms with Gasteiger partial charge in [0.15, 0.2) is 15.6 Å². The highest BCUT2D eigenvalue weighted by molar-refractivity contribution is 7.91. The van der Waals surface area contributed by atoms with Gasteiger partial charge in [-0.3, -0.25) is 9.59 Å². The second-order valence-electron chi connectivity index (χ2n) is 6.84. The van der Waals surface area contributed by atoms with Crippen molar-refractivity contribution in [3.8, 4) is 0 Å². The van der Waals surface area contributed by atoms with Crippen molar-refractivity contribution in [3.05, 3.63) is 58.4 Å². The van der Waals surface area contributed by atoms with Gasteiger partial charge in [-0.1, -0.05) is 19.4 Å². The minimum absolute atomic E-state index is 0.00935. The molecule has 2 aromatic heterocycles. The van der Waals surface area contributed by atoms with E-state index in [1.807, 2.05) is 6.92 Å². The summed E-state index contributed by atoms with van der Waals surface area (Å²) in [6, 6.07) is 7.84. The maximum atomic E-state index is 13.0. The molecule has 1 fully saturated rings. The van der Waals surface area contributed by atoms with E-state index in [-0.39, 0.29) is 41.3 Å². The standard InChI is InChI=1S/C19H24N2O5S/c1-2-3-11-21(15-9-12-27(24,25)14-15)19(23)17-8-7-16(26-17)13-20-10-5-4-6-18(20)22/h4-8,10,15H,2-3,9,11-14H2,1H3. The van der Waals surface area contributed by atoms with Crippen LogP contribution < -0.4 is 5.56 Å². The molecule has 0 aliphatic carbocycles. The van der Waals surface area contributed by atoms with Crippen molar-refractivity contribution in [2.75, 3.05) is 18.1 Å².